The molecule has 1 amide bonds. The second-order valence-electron chi connectivity index (χ2n) is 3.11. The highest BCUT2D eigenvalue weighted by atomic mass is 79.9. The summed E-state index contributed by atoms with van der Waals surface area (Å²) in [6.07, 6.45) is 2.99. The Kier molecular flexibility index (Phi) is 4.42. The first-order valence-corrected chi connectivity index (χ1v) is 5.33. The molecule has 0 fully saturated rings. The number of rotatable bonds is 3. The van der Waals surface area contributed by atoms with Gasteiger partial charge in [0, 0.05) is 16.9 Å². The van der Waals surface area contributed by atoms with Gasteiger partial charge in [-0.05, 0) is 28.9 Å². The van der Waals surface area contributed by atoms with Crippen molar-refractivity contribution in [2.24, 2.45) is 0 Å². The molecule has 0 saturated heterocycles. The molecular formula is C10H11BrN2O3. The van der Waals surface area contributed by atoms with Gasteiger partial charge in [0.1, 0.15) is 6.04 Å². The zero-order chi connectivity index (χ0) is 12.1. The van der Waals surface area contributed by atoms with Crippen LogP contribution in [0.4, 0.5) is 0 Å². The highest BCUT2D eigenvalue weighted by molar-refractivity contribution is 9.10. The lowest BCUT2D eigenvalue weighted by atomic mass is 10.2. The van der Waals surface area contributed by atoms with Crippen LogP contribution in [-0.2, 0) is 9.53 Å². The summed E-state index contributed by atoms with van der Waals surface area (Å²) < 4.78 is 5.19. The standard InChI is InChI=1S/C10H11BrN2O3/c1-6(10(15)16-2)13-9(14)7-3-8(11)5-12-4-7/h3-6H,1-2H3,(H,13,14). The van der Waals surface area contributed by atoms with Gasteiger partial charge in [-0.25, -0.2) is 4.79 Å². The zero-order valence-electron chi connectivity index (χ0n) is 8.86. The summed E-state index contributed by atoms with van der Waals surface area (Å²) in [4.78, 5) is 26.6. The molecule has 1 N–H and O–H groups in total. The van der Waals surface area contributed by atoms with Crippen LogP contribution in [0.3, 0.4) is 0 Å². The number of pyridine rings is 1. The van der Waals surface area contributed by atoms with Crippen LogP contribution in [0.25, 0.3) is 0 Å². The predicted molar refractivity (Wildman–Crippen MR) is 60.9 cm³/mol. The van der Waals surface area contributed by atoms with Crippen LogP contribution in [0.15, 0.2) is 22.9 Å². The van der Waals surface area contributed by atoms with Gasteiger partial charge in [-0.3, -0.25) is 9.78 Å². The summed E-state index contributed by atoms with van der Waals surface area (Å²) in [5.74, 6) is -0.858. The summed E-state index contributed by atoms with van der Waals surface area (Å²) in [5, 5.41) is 2.50. The van der Waals surface area contributed by atoms with Gasteiger partial charge in [-0.15, -0.1) is 0 Å². The maximum Gasteiger partial charge on any atom is 0.328 e. The maximum absolute atomic E-state index is 11.6. The zero-order valence-corrected chi connectivity index (χ0v) is 10.4. The van der Waals surface area contributed by atoms with Gasteiger partial charge < -0.3 is 10.1 Å². The van der Waals surface area contributed by atoms with E-state index >= 15 is 0 Å². The minimum absolute atomic E-state index is 0.369. The predicted octanol–water partition coefficient (Wildman–Crippen LogP) is 1.14. The third-order valence-electron chi connectivity index (χ3n) is 1.87. The van der Waals surface area contributed by atoms with Gasteiger partial charge in [-0.2, -0.15) is 0 Å². The number of aromatic nitrogens is 1. The van der Waals surface area contributed by atoms with E-state index in [0.717, 1.165) is 0 Å². The van der Waals surface area contributed by atoms with Gasteiger partial charge in [0.25, 0.3) is 5.91 Å². The van der Waals surface area contributed by atoms with Crippen molar-refractivity contribution in [3.63, 3.8) is 0 Å². The van der Waals surface area contributed by atoms with Crippen LogP contribution in [0.5, 0.6) is 0 Å². The lowest BCUT2D eigenvalue weighted by Crippen LogP contribution is -2.39. The summed E-state index contributed by atoms with van der Waals surface area (Å²) in [5.41, 5.74) is 0.380. The number of nitrogens with one attached hydrogen (secondary N) is 1. The molecule has 16 heavy (non-hydrogen) atoms. The first-order valence-electron chi connectivity index (χ1n) is 4.54. The molecule has 1 rings (SSSR count). The van der Waals surface area contributed by atoms with Crippen LogP contribution >= 0.6 is 15.9 Å². The lowest BCUT2D eigenvalue weighted by molar-refractivity contribution is -0.142. The van der Waals surface area contributed by atoms with Crippen molar-refractivity contribution >= 4 is 27.8 Å². The fourth-order valence-corrected chi connectivity index (χ4v) is 1.42. The van der Waals surface area contributed by atoms with Crippen molar-refractivity contribution in [2.75, 3.05) is 7.11 Å². The number of carbonyl (C=O) groups excluding carboxylic acids is 2. The molecule has 6 heteroatoms. The van der Waals surface area contributed by atoms with Crippen molar-refractivity contribution < 1.29 is 14.3 Å². The van der Waals surface area contributed by atoms with E-state index in [-0.39, 0.29) is 5.91 Å². The average molecular weight is 287 g/mol. The number of esters is 1. The SMILES string of the molecule is COC(=O)C(C)NC(=O)c1cncc(Br)c1. The molecule has 0 saturated carbocycles. The maximum atomic E-state index is 11.6. The second kappa shape index (κ2) is 5.60. The van der Waals surface area contributed by atoms with Gasteiger partial charge in [0.05, 0.1) is 12.7 Å². The van der Waals surface area contributed by atoms with Crippen LogP contribution in [0.1, 0.15) is 17.3 Å². The quantitative estimate of drug-likeness (QED) is 0.846. The molecule has 0 spiro atoms. The van der Waals surface area contributed by atoms with E-state index in [1.165, 1.54) is 13.3 Å². The minimum Gasteiger partial charge on any atom is -0.467 e. The summed E-state index contributed by atoms with van der Waals surface area (Å²) in [6.45, 7) is 1.55. The van der Waals surface area contributed by atoms with Gasteiger partial charge >= 0.3 is 5.97 Å². The first-order chi connectivity index (χ1) is 7.54. The van der Waals surface area contributed by atoms with Crippen molar-refractivity contribution in [3.05, 3.63) is 28.5 Å². The molecule has 1 heterocycles. The van der Waals surface area contributed by atoms with E-state index < -0.39 is 12.0 Å². The largest absolute Gasteiger partial charge is 0.467 e. The molecule has 0 aliphatic carbocycles. The summed E-state index contributed by atoms with van der Waals surface area (Å²) in [6, 6.07) is 0.934. The minimum atomic E-state index is -0.684. The molecule has 1 unspecified atom stereocenters. The normalized spacial score (nSPS) is 11.7. The summed E-state index contributed by atoms with van der Waals surface area (Å²) >= 11 is 3.21. The molecular weight excluding hydrogens is 276 g/mol. The molecule has 0 radical (unpaired) electrons. The van der Waals surface area contributed by atoms with Crippen LogP contribution in [0.2, 0.25) is 0 Å². The summed E-state index contributed by atoms with van der Waals surface area (Å²) in [7, 11) is 1.27. The number of halogens is 1. The van der Waals surface area contributed by atoms with Crippen LogP contribution in [0, 0.1) is 0 Å². The van der Waals surface area contributed by atoms with Crippen molar-refractivity contribution in [2.45, 2.75) is 13.0 Å². The van der Waals surface area contributed by atoms with Crippen LogP contribution < -0.4 is 5.32 Å². The van der Waals surface area contributed by atoms with Gasteiger partial charge in [0.2, 0.25) is 0 Å². The van der Waals surface area contributed by atoms with Crippen molar-refractivity contribution in [1.82, 2.24) is 10.3 Å². The molecule has 0 aromatic carbocycles. The van der Waals surface area contributed by atoms with Crippen molar-refractivity contribution in [1.29, 1.82) is 0 Å². The highest BCUT2D eigenvalue weighted by Crippen LogP contribution is 2.09. The Balaban J connectivity index is 2.69. The molecule has 1 aromatic heterocycles. The van der Waals surface area contributed by atoms with Gasteiger partial charge in [-0.1, -0.05) is 0 Å². The Morgan fingerprint density at radius 1 is 1.50 bits per heavy atom. The Labute approximate surface area is 101 Å². The molecule has 0 aliphatic heterocycles. The molecule has 1 aromatic rings. The average Bonchev–Trinajstić information content (AvgIpc) is 2.27. The smallest absolute Gasteiger partial charge is 0.328 e. The van der Waals surface area contributed by atoms with E-state index in [4.69, 9.17) is 0 Å². The van der Waals surface area contributed by atoms with Gasteiger partial charge in [0.15, 0.2) is 0 Å². The molecule has 0 bridgehead atoms. The fourth-order valence-electron chi connectivity index (χ4n) is 1.05. The second-order valence-corrected chi connectivity index (χ2v) is 4.03. The number of nitrogens with zero attached hydrogens (tertiary/aromatic N) is 1. The third-order valence-corrected chi connectivity index (χ3v) is 2.30. The van der Waals surface area contributed by atoms with E-state index in [1.54, 1.807) is 19.2 Å². The molecule has 5 nitrogen and oxygen atoms in total. The van der Waals surface area contributed by atoms with E-state index in [1.807, 2.05) is 0 Å². The number of amides is 1. The number of methoxy groups -OCH3 is 1. The lowest BCUT2D eigenvalue weighted by Gasteiger charge is -2.11. The number of ether oxygens (including phenoxy) is 1. The molecule has 86 valence electrons. The Morgan fingerprint density at radius 2 is 2.19 bits per heavy atom. The van der Waals surface area contributed by atoms with E-state index in [9.17, 15) is 9.59 Å². The Bertz CT molecular complexity index is 409. The highest BCUT2D eigenvalue weighted by Gasteiger charge is 2.16. The third kappa shape index (κ3) is 3.30. The van der Waals surface area contributed by atoms with E-state index in [0.29, 0.717) is 10.0 Å². The number of carbonyl (C=O) groups is 2. The topological polar surface area (TPSA) is 68.3 Å². The molecule has 0 aliphatic rings. The van der Waals surface area contributed by atoms with Crippen LogP contribution in [-0.4, -0.2) is 30.0 Å². The van der Waals surface area contributed by atoms with Crippen molar-refractivity contribution in [3.8, 4) is 0 Å². The monoisotopic (exact) mass is 286 g/mol. The number of hydrogen-bond acceptors (Lipinski definition) is 4. The molecule has 1 atom stereocenters. The Morgan fingerprint density at radius 3 is 2.75 bits per heavy atom. The fraction of sp³-hybridized carbons (Fsp3) is 0.300. The first kappa shape index (κ1) is 12.6. The Hall–Kier alpha value is -1.43. The number of hydrogen-bond donors (Lipinski definition) is 1. The van der Waals surface area contributed by atoms with E-state index in [2.05, 4.69) is 31.0 Å².